The summed E-state index contributed by atoms with van der Waals surface area (Å²) in [6.07, 6.45) is 6.21. The summed E-state index contributed by atoms with van der Waals surface area (Å²) in [7, 11) is 0. The monoisotopic (exact) mass is 297 g/mol. The van der Waals surface area contributed by atoms with E-state index in [2.05, 4.69) is 11.4 Å². The number of aliphatic carboxylic acids is 1. The molecule has 1 spiro atoms. The maximum atomic E-state index is 12.7. The molecule has 4 unspecified atom stereocenters. The van der Waals surface area contributed by atoms with E-state index in [1.165, 1.54) is 0 Å². The Bertz CT molecular complexity index is 689. The van der Waals surface area contributed by atoms with Crippen LogP contribution in [-0.2, 0) is 9.59 Å². The van der Waals surface area contributed by atoms with E-state index >= 15 is 0 Å². The summed E-state index contributed by atoms with van der Waals surface area (Å²) >= 11 is 0. The van der Waals surface area contributed by atoms with E-state index in [1.54, 1.807) is 0 Å². The molecule has 22 heavy (non-hydrogen) atoms. The standard InChI is InChI=1S/C18H19NO3/c1-10-3-2-4-11(9-10)19-16(20)14-12-5-6-13(15(14)17(21)22)18(12)7-8-18/h2-6,9,12-15H,7-8H2,1H3,(H,19,20)(H,21,22). The molecule has 0 heterocycles. The van der Waals surface area contributed by atoms with Crippen molar-refractivity contribution in [1.82, 2.24) is 0 Å². The van der Waals surface area contributed by atoms with E-state index in [4.69, 9.17) is 0 Å². The highest BCUT2D eigenvalue weighted by atomic mass is 16.4. The van der Waals surface area contributed by atoms with Crippen molar-refractivity contribution in [2.24, 2.45) is 29.1 Å². The fourth-order valence-electron chi connectivity index (χ4n) is 4.64. The number of carboxylic acids is 1. The summed E-state index contributed by atoms with van der Waals surface area (Å²) in [6, 6.07) is 7.61. The lowest BCUT2D eigenvalue weighted by Crippen LogP contribution is -2.36. The summed E-state index contributed by atoms with van der Waals surface area (Å²) in [4.78, 5) is 24.5. The Hall–Kier alpha value is -2.10. The Morgan fingerprint density at radius 2 is 1.86 bits per heavy atom. The van der Waals surface area contributed by atoms with Gasteiger partial charge in [-0.3, -0.25) is 9.59 Å². The zero-order valence-electron chi connectivity index (χ0n) is 12.5. The number of amides is 1. The summed E-state index contributed by atoms with van der Waals surface area (Å²) in [5.41, 5.74) is 1.88. The minimum atomic E-state index is -0.840. The maximum absolute atomic E-state index is 12.7. The molecule has 4 heteroatoms. The Kier molecular flexibility index (Phi) is 2.74. The first-order valence-corrected chi connectivity index (χ1v) is 7.82. The van der Waals surface area contributed by atoms with Crippen molar-refractivity contribution in [1.29, 1.82) is 0 Å². The van der Waals surface area contributed by atoms with Crippen LogP contribution in [0.1, 0.15) is 18.4 Å². The number of carbonyl (C=O) groups excluding carboxylic acids is 1. The van der Waals surface area contributed by atoms with Crippen molar-refractivity contribution in [3.63, 3.8) is 0 Å². The van der Waals surface area contributed by atoms with Gasteiger partial charge in [-0.15, -0.1) is 0 Å². The van der Waals surface area contributed by atoms with Gasteiger partial charge in [-0.2, -0.15) is 0 Å². The molecule has 4 atom stereocenters. The number of carboxylic acid groups (broad SMARTS) is 1. The van der Waals surface area contributed by atoms with E-state index < -0.39 is 17.8 Å². The third kappa shape index (κ3) is 1.76. The molecule has 1 amide bonds. The number of nitrogens with one attached hydrogen (secondary N) is 1. The first-order valence-electron chi connectivity index (χ1n) is 7.82. The van der Waals surface area contributed by atoms with Crippen LogP contribution in [0.25, 0.3) is 0 Å². The molecule has 0 radical (unpaired) electrons. The van der Waals surface area contributed by atoms with E-state index in [9.17, 15) is 14.7 Å². The Morgan fingerprint density at radius 3 is 2.45 bits per heavy atom. The van der Waals surface area contributed by atoms with Gasteiger partial charge in [0, 0.05) is 5.69 Å². The second-order valence-corrected chi connectivity index (χ2v) is 6.92. The van der Waals surface area contributed by atoms with Crippen molar-refractivity contribution >= 4 is 17.6 Å². The lowest BCUT2D eigenvalue weighted by Gasteiger charge is -2.23. The van der Waals surface area contributed by atoms with Crippen LogP contribution in [0, 0.1) is 36.0 Å². The number of rotatable bonds is 3. The molecule has 3 aliphatic rings. The third-order valence-electron chi connectivity index (χ3n) is 5.72. The molecule has 4 rings (SSSR count). The van der Waals surface area contributed by atoms with E-state index in [0.29, 0.717) is 0 Å². The molecular weight excluding hydrogens is 278 g/mol. The summed E-state index contributed by atoms with van der Waals surface area (Å²) < 4.78 is 0. The van der Waals surface area contributed by atoms with Gasteiger partial charge in [0.2, 0.25) is 5.91 Å². The van der Waals surface area contributed by atoms with Gasteiger partial charge in [0.25, 0.3) is 0 Å². The topological polar surface area (TPSA) is 66.4 Å². The molecule has 0 saturated heterocycles. The molecule has 0 aromatic heterocycles. The molecule has 2 bridgehead atoms. The first-order chi connectivity index (χ1) is 10.5. The molecule has 3 aliphatic carbocycles. The number of carbonyl (C=O) groups is 2. The molecule has 2 saturated carbocycles. The summed E-state index contributed by atoms with van der Waals surface area (Å²) in [5, 5.41) is 12.5. The SMILES string of the molecule is Cc1cccc(NC(=O)C2C(C(=O)O)C3C=CC2C32CC2)c1. The fraction of sp³-hybridized carbons (Fsp3) is 0.444. The van der Waals surface area contributed by atoms with Crippen molar-refractivity contribution in [2.45, 2.75) is 19.8 Å². The van der Waals surface area contributed by atoms with Crippen LogP contribution in [0.3, 0.4) is 0 Å². The quantitative estimate of drug-likeness (QED) is 0.843. The number of allylic oxidation sites excluding steroid dienone is 2. The molecule has 4 nitrogen and oxygen atoms in total. The summed E-state index contributed by atoms with van der Waals surface area (Å²) in [6.45, 7) is 1.97. The number of anilines is 1. The zero-order chi connectivity index (χ0) is 15.5. The molecular formula is C18H19NO3. The van der Waals surface area contributed by atoms with Crippen molar-refractivity contribution < 1.29 is 14.7 Å². The predicted octanol–water partition coefficient (Wildman–Crippen LogP) is 2.85. The van der Waals surface area contributed by atoms with E-state index in [1.807, 2.05) is 37.3 Å². The van der Waals surface area contributed by atoms with Crippen LogP contribution in [0.4, 0.5) is 5.69 Å². The van der Waals surface area contributed by atoms with Gasteiger partial charge >= 0.3 is 5.97 Å². The predicted molar refractivity (Wildman–Crippen MR) is 82.2 cm³/mol. The molecule has 114 valence electrons. The van der Waals surface area contributed by atoms with Gasteiger partial charge < -0.3 is 10.4 Å². The molecule has 2 fully saturated rings. The maximum Gasteiger partial charge on any atom is 0.307 e. The van der Waals surface area contributed by atoms with Gasteiger partial charge in [-0.05, 0) is 54.7 Å². The number of benzene rings is 1. The smallest absolute Gasteiger partial charge is 0.307 e. The highest BCUT2D eigenvalue weighted by Gasteiger charge is 2.70. The van der Waals surface area contributed by atoms with Crippen molar-refractivity contribution in [3.05, 3.63) is 42.0 Å². The van der Waals surface area contributed by atoms with Gasteiger partial charge in [-0.25, -0.2) is 0 Å². The Labute approximate surface area is 129 Å². The molecule has 2 N–H and O–H groups in total. The number of aryl methyl sites for hydroxylation is 1. The highest BCUT2D eigenvalue weighted by molar-refractivity contribution is 5.96. The van der Waals surface area contributed by atoms with Gasteiger partial charge in [0.1, 0.15) is 0 Å². The van der Waals surface area contributed by atoms with Crippen molar-refractivity contribution in [2.75, 3.05) is 5.32 Å². The van der Waals surface area contributed by atoms with Crippen molar-refractivity contribution in [3.8, 4) is 0 Å². The van der Waals surface area contributed by atoms with E-state index in [-0.39, 0.29) is 23.2 Å². The van der Waals surface area contributed by atoms with Crippen LogP contribution in [0.15, 0.2) is 36.4 Å². The fourth-order valence-corrected chi connectivity index (χ4v) is 4.64. The van der Waals surface area contributed by atoms with Crippen LogP contribution in [0.5, 0.6) is 0 Å². The summed E-state index contributed by atoms with van der Waals surface area (Å²) in [5.74, 6) is -1.90. The molecule has 0 aliphatic heterocycles. The average Bonchev–Trinajstić information content (AvgIpc) is 3.12. The Morgan fingerprint density at radius 1 is 1.18 bits per heavy atom. The van der Waals surface area contributed by atoms with Gasteiger partial charge in [0.05, 0.1) is 11.8 Å². The minimum Gasteiger partial charge on any atom is -0.481 e. The van der Waals surface area contributed by atoms with Crippen LogP contribution in [0.2, 0.25) is 0 Å². The number of hydrogen-bond acceptors (Lipinski definition) is 2. The molecule has 1 aromatic carbocycles. The zero-order valence-corrected chi connectivity index (χ0v) is 12.5. The third-order valence-corrected chi connectivity index (χ3v) is 5.72. The normalized spacial score (nSPS) is 33.1. The van der Waals surface area contributed by atoms with Crippen LogP contribution in [-0.4, -0.2) is 17.0 Å². The Balaban J connectivity index is 1.62. The average molecular weight is 297 g/mol. The lowest BCUT2D eigenvalue weighted by atomic mass is 9.82. The van der Waals surface area contributed by atoms with Gasteiger partial charge in [-0.1, -0.05) is 24.3 Å². The lowest BCUT2D eigenvalue weighted by molar-refractivity contribution is -0.146. The van der Waals surface area contributed by atoms with Gasteiger partial charge in [0.15, 0.2) is 0 Å². The van der Waals surface area contributed by atoms with E-state index in [0.717, 1.165) is 24.1 Å². The highest BCUT2D eigenvalue weighted by Crippen LogP contribution is 2.72. The van der Waals surface area contributed by atoms with Crippen LogP contribution >= 0.6 is 0 Å². The second kappa shape index (κ2) is 4.45. The number of hydrogen-bond donors (Lipinski definition) is 2. The minimum absolute atomic E-state index is 0.0308. The second-order valence-electron chi connectivity index (χ2n) is 6.92. The van der Waals surface area contributed by atoms with Crippen LogP contribution < -0.4 is 5.32 Å². The molecule has 1 aromatic rings. The first kappa shape index (κ1) is 13.6. The largest absolute Gasteiger partial charge is 0.481 e.